The zero-order chi connectivity index (χ0) is 13.8. The first-order chi connectivity index (χ1) is 9.08. The van der Waals surface area contributed by atoms with Gasteiger partial charge in [-0.05, 0) is 22.6 Å². The van der Waals surface area contributed by atoms with E-state index in [0.29, 0.717) is 5.69 Å². The van der Waals surface area contributed by atoms with Gasteiger partial charge in [-0.1, -0.05) is 18.2 Å². The van der Waals surface area contributed by atoms with E-state index in [1.54, 1.807) is 30.3 Å². The van der Waals surface area contributed by atoms with Crippen LogP contribution in [-0.2, 0) is 11.3 Å². The maximum absolute atomic E-state index is 11.9. The van der Waals surface area contributed by atoms with E-state index in [4.69, 9.17) is 5.73 Å². The van der Waals surface area contributed by atoms with Crippen LogP contribution in [0.25, 0.3) is 5.69 Å². The third-order valence-corrected chi connectivity index (χ3v) is 2.20. The maximum atomic E-state index is 11.9. The van der Waals surface area contributed by atoms with Crippen LogP contribution in [0, 0.1) is 0 Å². The molecule has 0 aliphatic heterocycles. The molecule has 0 spiro atoms. The number of nitrogens with zero attached hydrogens (tertiary/aromatic N) is 4. The van der Waals surface area contributed by atoms with Gasteiger partial charge in [0.05, 0.1) is 5.69 Å². The average Bonchev–Trinajstić information content (AvgIpc) is 2.71. The fourth-order valence-corrected chi connectivity index (χ4v) is 1.42. The first kappa shape index (κ1) is 12.5. The van der Waals surface area contributed by atoms with Crippen molar-refractivity contribution in [3.05, 3.63) is 40.8 Å². The number of tetrazole rings is 1. The molecule has 0 atom stereocenters. The highest BCUT2D eigenvalue weighted by molar-refractivity contribution is 5.93. The van der Waals surface area contributed by atoms with E-state index in [2.05, 4.69) is 10.4 Å². The molecule has 1 aromatic heterocycles. The Hall–Kier alpha value is -2.97. The number of carbonyl (C=O) groups is 2. The molecule has 2 aromatic rings. The standard InChI is InChI=1S/C10H10N6O3/c11-9(18)12-8(17)6-15-10(19)16(14-13-15)7-4-2-1-3-5-7/h1-5H,6H2,(H3,11,12,17,18). The third-order valence-electron chi connectivity index (χ3n) is 2.20. The highest BCUT2D eigenvalue weighted by Crippen LogP contribution is 2.00. The Morgan fingerprint density at radius 1 is 1.21 bits per heavy atom. The summed E-state index contributed by atoms with van der Waals surface area (Å²) in [5.41, 5.74) is 4.71. The van der Waals surface area contributed by atoms with Crippen LogP contribution in [0.2, 0.25) is 0 Å². The molecule has 9 nitrogen and oxygen atoms in total. The van der Waals surface area contributed by atoms with Crippen molar-refractivity contribution in [1.82, 2.24) is 25.1 Å². The van der Waals surface area contributed by atoms with Crippen molar-refractivity contribution in [3.8, 4) is 5.69 Å². The van der Waals surface area contributed by atoms with Crippen LogP contribution >= 0.6 is 0 Å². The zero-order valence-electron chi connectivity index (χ0n) is 9.68. The molecule has 0 radical (unpaired) electrons. The molecule has 0 bridgehead atoms. The van der Waals surface area contributed by atoms with Crippen LogP contribution in [0.3, 0.4) is 0 Å². The van der Waals surface area contributed by atoms with E-state index in [1.807, 2.05) is 5.32 Å². The molecule has 0 saturated carbocycles. The average molecular weight is 262 g/mol. The summed E-state index contributed by atoms with van der Waals surface area (Å²) in [6.45, 7) is -0.436. The summed E-state index contributed by atoms with van der Waals surface area (Å²) in [6, 6.07) is 7.61. The molecule has 98 valence electrons. The van der Waals surface area contributed by atoms with Gasteiger partial charge in [0.15, 0.2) is 0 Å². The minimum absolute atomic E-state index is 0.436. The number of aromatic nitrogens is 4. The number of nitrogens with one attached hydrogen (secondary N) is 1. The fourth-order valence-electron chi connectivity index (χ4n) is 1.42. The number of hydrogen-bond acceptors (Lipinski definition) is 5. The minimum Gasteiger partial charge on any atom is -0.351 e. The largest absolute Gasteiger partial charge is 0.368 e. The molecule has 9 heteroatoms. The van der Waals surface area contributed by atoms with Crippen LogP contribution in [-0.4, -0.2) is 31.7 Å². The number of benzene rings is 1. The Balaban J connectivity index is 2.22. The first-order valence-electron chi connectivity index (χ1n) is 5.25. The monoisotopic (exact) mass is 262 g/mol. The molecule has 0 unspecified atom stereocenters. The maximum Gasteiger partial charge on any atom is 0.368 e. The first-order valence-corrected chi connectivity index (χ1v) is 5.25. The summed E-state index contributed by atoms with van der Waals surface area (Å²) >= 11 is 0. The van der Waals surface area contributed by atoms with Gasteiger partial charge in [0.2, 0.25) is 5.91 Å². The predicted octanol–water partition coefficient (Wildman–Crippen LogP) is -1.38. The number of amides is 3. The van der Waals surface area contributed by atoms with Gasteiger partial charge < -0.3 is 5.73 Å². The summed E-state index contributed by atoms with van der Waals surface area (Å²) in [4.78, 5) is 33.6. The molecule has 1 heterocycles. The number of rotatable bonds is 3. The molecule has 3 amide bonds. The van der Waals surface area contributed by atoms with Crippen molar-refractivity contribution in [1.29, 1.82) is 0 Å². The van der Waals surface area contributed by atoms with Gasteiger partial charge >= 0.3 is 11.7 Å². The van der Waals surface area contributed by atoms with Crippen molar-refractivity contribution >= 4 is 11.9 Å². The Kier molecular flexibility index (Phi) is 3.37. The SMILES string of the molecule is NC(=O)NC(=O)Cn1nnn(-c2ccccc2)c1=O. The smallest absolute Gasteiger partial charge is 0.351 e. The van der Waals surface area contributed by atoms with E-state index in [1.165, 1.54) is 0 Å². The summed E-state index contributed by atoms with van der Waals surface area (Å²) in [7, 11) is 0. The van der Waals surface area contributed by atoms with E-state index in [9.17, 15) is 14.4 Å². The molecule has 0 aliphatic carbocycles. The number of carbonyl (C=O) groups excluding carboxylic acids is 2. The highest BCUT2D eigenvalue weighted by Gasteiger charge is 2.12. The lowest BCUT2D eigenvalue weighted by molar-refractivity contribution is -0.120. The predicted molar refractivity (Wildman–Crippen MR) is 63.3 cm³/mol. The van der Waals surface area contributed by atoms with Crippen molar-refractivity contribution in [2.75, 3.05) is 0 Å². The molecule has 19 heavy (non-hydrogen) atoms. The molecule has 2 rings (SSSR count). The quantitative estimate of drug-likeness (QED) is 0.705. The molecule has 1 aromatic carbocycles. The van der Waals surface area contributed by atoms with Crippen LogP contribution in [0.15, 0.2) is 35.1 Å². The van der Waals surface area contributed by atoms with Gasteiger partial charge in [-0.2, -0.15) is 9.36 Å². The molecule has 0 saturated heterocycles. The Bertz CT molecular complexity index is 659. The van der Waals surface area contributed by atoms with Crippen LogP contribution in [0.5, 0.6) is 0 Å². The van der Waals surface area contributed by atoms with Gasteiger partial charge in [0.25, 0.3) is 0 Å². The lowest BCUT2D eigenvalue weighted by atomic mass is 10.3. The van der Waals surface area contributed by atoms with Crippen molar-refractivity contribution in [2.24, 2.45) is 5.73 Å². The fraction of sp³-hybridized carbons (Fsp3) is 0.100. The van der Waals surface area contributed by atoms with Gasteiger partial charge in [-0.15, -0.1) is 0 Å². The number of primary amides is 1. The Labute approximate surface area is 106 Å². The number of nitrogens with two attached hydrogens (primary N) is 1. The van der Waals surface area contributed by atoms with Crippen LogP contribution in [0.4, 0.5) is 4.79 Å². The summed E-state index contributed by atoms with van der Waals surface area (Å²) in [6.07, 6.45) is 0. The van der Waals surface area contributed by atoms with Gasteiger partial charge in [-0.25, -0.2) is 9.59 Å². The van der Waals surface area contributed by atoms with E-state index >= 15 is 0 Å². The van der Waals surface area contributed by atoms with Crippen molar-refractivity contribution in [2.45, 2.75) is 6.54 Å². The van der Waals surface area contributed by atoms with Gasteiger partial charge in [0.1, 0.15) is 6.54 Å². The van der Waals surface area contributed by atoms with Gasteiger partial charge in [0, 0.05) is 0 Å². The third kappa shape index (κ3) is 2.83. The second-order valence-electron chi connectivity index (χ2n) is 3.58. The highest BCUT2D eigenvalue weighted by atomic mass is 16.2. The van der Waals surface area contributed by atoms with Gasteiger partial charge in [-0.3, -0.25) is 10.1 Å². The topological polar surface area (TPSA) is 125 Å². The van der Waals surface area contributed by atoms with Crippen molar-refractivity contribution in [3.63, 3.8) is 0 Å². The molecular weight excluding hydrogens is 252 g/mol. The normalized spacial score (nSPS) is 10.1. The molecule has 3 N–H and O–H groups in total. The number of urea groups is 1. The van der Waals surface area contributed by atoms with Crippen LogP contribution < -0.4 is 16.7 Å². The Morgan fingerprint density at radius 2 is 1.89 bits per heavy atom. The molecule has 0 fully saturated rings. The second kappa shape index (κ2) is 5.12. The van der Waals surface area contributed by atoms with Crippen molar-refractivity contribution < 1.29 is 9.59 Å². The number of hydrogen-bond donors (Lipinski definition) is 2. The lowest BCUT2D eigenvalue weighted by Crippen LogP contribution is -2.39. The summed E-state index contributed by atoms with van der Waals surface area (Å²) in [5.74, 6) is -0.741. The minimum atomic E-state index is -0.992. The molecule has 0 aliphatic rings. The summed E-state index contributed by atoms with van der Waals surface area (Å²) < 4.78 is 1.86. The second-order valence-corrected chi connectivity index (χ2v) is 3.58. The zero-order valence-corrected chi connectivity index (χ0v) is 9.68. The van der Waals surface area contributed by atoms with E-state index in [-0.39, 0.29) is 0 Å². The van der Waals surface area contributed by atoms with E-state index < -0.39 is 24.2 Å². The number of imide groups is 1. The van der Waals surface area contributed by atoms with Crippen LogP contribution in [0.1, 0.15) is 0 Å². The Morgan fingerprint density at radius 3 is 2.53 bits per heavy atom. The lowest BCUT2D eigenvalue weighted by Gasteiger charge is -1.99. The number of para-hydroxylation sites is 1. The summed E-state index contributed by atoms with van der Waals surface area (Å²) in [5, 5.41) is 9.01. The van der Waals surface area contributed by atoms with E-state index in [0.717, 1.165) is 9.36 Å². The molecular formula is C10H10N6O3.